The van der Waals surface area contributed by atoms with E-state index in [9.17, 15) is 10.1 Å². The summed E-state index contributed by atoms with van der Waals surface area (Å²) in [5.41, 5.74) is 0.631. The molecule has 0 amide bonds. The molecule has 98 valence electrons. The second-order valence-corrected chi connectivity index (χ2v) is 4.86. The van der Waals surface area contributed by atoms with E-state index in [1.165, 1.54) is 18.9 Å². The third-order valence-corrected chi connectivity index (χ3v) is 3.19. The van der Waals surface area contributed by atoms with E-state index >= 15 is 0 Å². The standard InChI is InChI=1S/C13H18N2O3/c1-9(7-10-3-4-10)14-12-8-11(18-2)5-6-13(12)15(16)17/h5-6,8-10,14H,3-4,7H2,1-2H3. The predicted octanol–water partition coefficient (Wildman–Crippen LogP) is 3.20. The molecule has 1 unspecified atom stereocenters. The number of benzene rings is 1. The molecule has 1 aliphatic carbocycles. The zero-order valence-electron chi connectivity index (χ0n) is 10.7. The summed E-state index contributed by atoms with van der Waals surface area (Å²) in [6.07, 6.45) is 3.63. The third-order valence-electron chi connectivity index (χ3n) is 3.19. The molecule has 1 fully saturated rings. The van der Waals surface area contributed by atoms with Crippen LogP contribution in [0.2, 0.25) is 0 Å². The van der Waals surface area contributed by atoms with E-state index < -0.39 is 0 Å². The molecule has 1 atom stereocenters. The zero-order valence-corrected chi connectivity index (χ0v) is 10.7. The summed E-state index contributed by atoms with van der Waals surface area (Å²) in [4.78, 5) is 10.6. The van der Waals surface area contributed by atoms with Gasteiger partial charge in [-0.1, -0.05) is 12.8 Å². The van der Waals surface area contributed by atoms with E-state index in [2.05, 4.69) is 12.2 Å². The van der Waals surface area contributed by atoms with E-state index in [1.54, 1.807) is 19.2 Å². The number of nitrogens with one attached hydrogen (secondary N) is 1. The Morgan fingerprint density at radius 3 is 2.83 bits per heavy atom. The number of nitro groups is 1. The van der Waals surface area contributed by atoms with Gasteiger partial charge in [-0.05, 0) is 25.3 Å². The normalized spacial score (nSPS) is 16.1. The fraction of sp³-hybridized carbons (Fsp3) is 0.538. The lowest BCUT2D eigenvalue weighted by Crippen LogP contribution is -2.16. The van der Waals surface area contributed by atoms with Crippen molar-refractivity contribution in [2.75, 3.05) is 12.4 Å². The first-order chi connectivity index (χ1) is 8.60. The number of ether oxygens (including phenoxy) is 1. The first-order valence-electron chi connectivity index (χ1n) is 6.19. The van der Waals surface area contributed by atoms with Crippen molar-refractivity contribution < 1.29 is 9.66 Å². The molecule has 0 radical (unpaired) electrons. The first kappa shape index (κ1) is 12.7. The summed E-state index contributed by atoms with van der Waals surface area (Å²) >= 11 is 0. The Labute approximate surface area is 106 Å². The van der Waals surface area contributed by atoms with Crippen LogP contribution in [-0.4, -0.2) is 18.1 Å². The van der Waals surface area contributed by atoms with E-state index in [0.717, 1.165) is 12.3 Å². The minimum absolute atomic E-state index is 0.0958. The number of anilines is 1. The minimum Gasteiger partial charge on any atom is -0.497 e. The highest BCUT2D eigenvalue weighted by Gasteiger charge is 2.24. The molecule has 0 heterocycles. The van der Waals surface area contributed by atoms with Crippen molar-refractivity contribution in [2.24, 2.45) is 5.92 Å². The summed E-state index contributed by atoms with van der Waals surface area (Å²) in [6, 6.07) is 5.00. The highest BCUT2D eigenvalue weighted by atomic mass is 16.6. The molecule has 1 saturated carbocycles. The van der Waals surface area contributed by atoms with Gasteiger partial charge >= 0.3 is 0 Å². The molecule has 0 aromatic heterocycles. The van der Waals surface area contributed by atoms with Gasteiger partial charge in [0.05, 0.1) is 12.0 Å². The van der Waals surface area contributed by atoms with Gasteiger partial charge in [-0.3, -0.25) is 10.1 Å². The van der Waals surface area contributed by atoms with Crippen LogP contribution in [0.25, 0.3) is 0 Å². The monoisotopic (exact) mass is 250 g/mol. The fourth-order valence-electron chi connectivity index (χ4n) is 2.09. The maximum Gasteiger partial charge on any atom is 0.292 e. The van der Waals surface area contributed by atoms with Gasteiger partial charge < -0.3 is 10.1 Å². The number of hydrogen-bond donors (Lipinski definition) is 1. The Balaban J connectivity index is 2.14. The number of nitro benzene ring substituents is 1. The average Bonchev–Trinajstić information content (AvgIpc) is 3.12. The predicted molar refractivity (Wildman–Crippen MR) is 70.1 cm³/mol. The molecule has 0 bridgehead atoms. The van der Waals surface area contributed by atoms with Crippen LogP contribution in [0.4, 0.5) is 11.4 Å². The maximum atomic E-state index is 11.0. The smallest absolute Gasteiger partial charge is 0.292 e. The highest BCUT2D eigenvalue weighted by Crippen LogP contribution is 2.35. The van der Waals surface area contributed by atoms with Crippen molar-refractivity contribution >= 4 is 11.4 Å². The zero-order chi connectivity index (χ0) is 13.1. The van der Waals surface area contributed by atoms with Gasteiger partial charge in [0.2, 0.25) is 0 Å². The lowest BCUT2D eigenvalue weighted by Gasteiger charge is -2.15. The molecular formula is C13H18N2O3. The molecule has 0 spiro atoms. The van der Waals surface area contributed by atoms with Gasteiger partial charge in [0.1, 0.15) is 11.4 Å². The van der Waals surface area contributed by atoms with Crippen molar-refractivity contribution in [3.05, 3.63) is 28.3 Å². The Hall–Kier alpha value is -1.78. The van der Waals surface area contributed by atoms with Crippen LogP contribution in [0, 0.1) is 16.0 Å². The molecule has 1 aliphatic rings. The molecule has 5 nitrogen and oxygen atoms in total. The van der Waals surface area contributed by atoms with Crippen molar-refractivity contribution in [3.63, 3.8) is 0 Å². The van der Waals surface area contributed by atoms with Crippen LogP contribution in [-0.2, 0) is 0 Å². The molecule has 18 heavy (non-hydrogen) atoms. The summed E-state index contributed by atoms with van der Waals surface area (Å²) in [6.45, 7) is 2.06. The van der Waals surface area contributed by atoms with Gasteiger partial charge in [-0.25, -0.2) is 0 Å². The molecule has 1 aromatic carbocycles. The van der Waals surface area contributed by atoms with Crippen LogP contribution in [0.5, 0.6) is 5.75 Å². The summed E-state index contributed by atoms with van der Waals surface area (Å²) in [5, 5.41) is 14.2. The Morgan fingerprint density at radius 2 is 2.28 bits per heavy atom. The van der Waals surface area contributed by atoms with Crippen molar-refractivity contribution in [3.8, 4) is 5.75 Å². The average molecular weight is 250 g/mol. The number of nitrogens with zero attached hydrogens (tertiary/aromatic N) is 1. The van der Waals surface area contributed by atoms with Gasteiger partial charge in [0, 0.05) is 18.2 Å². The van der Waals surface area contributed by atoms with Crippen LogP contribution >= 0.6 is 0 Å². The molecule has 1 N–H and O–H groups in total. The SMILES string of the molecule is COc1ccc([N+](=O)[O-])c(NC(C)CC2CC2)c1. The van der Waals surface area contributed by atoms with Gasteiger partial charge in [-0.15, -0.1) is 0 Å². The van der Waals surface area contributed by atoms with Gasteiger partial charge in [0.25, 0.3) is 5.69 Å². The molecular weight excluding hydrogens is 232 g/mol. The number of hydrogen-bond acceptors (Lipinski definition) is 4. The lowest BCUT2D eigenvalue weighted by molar-refractivity contribution is -0.384. The lowest BCUT2D eigenvalue weighted by atomic mass is 10.1. The summed E-state index contributed by atoms with van der Waals surface area (Å²) < 4.78 is 5.10. The van der Waals surface area contributed by atoms with E-state index in [4.69, 9.17) is 4.74 Å². The molecule has 2 rings (SSSR count). The van der Waals surface area contributed by atoms with Gasteiger partial charge in [-0.2, -0.15) is 0 Å². The Bertz CT molecular complexity index is 444. The largest absolute Gasteiger partial charge is 0.497 e. The maximum absolute atomic E-state index is 11.0. The van der Waals surface area contributed by atoms with E-state index in [0.29, 0.717) is 11.4 Å². The molecule has 0 saturated heterocycles. The molecule has 0 aliphatic heterocycles. The van der Waals surface area contributed by atoms with Crippen LogP contribution in [0.1, 0.15) is 26.2 Å². The summed E-state index contributed by atoms with van der Waals surface area (Å²) in [7, 11) is 1.55. The van der Waals surface area contributed by atoms with Gasteiger partial charge in [0.15, 0.2) is 0 Å². The van der Waals surface area contributed by atoms with E-state index in [1.807, 2.05) is 0 Å². The Kier molecular flexibility index (Phi) is 3.69. The van der Waals surface area contributed by atoms with Crippen molar-refractivity contribution in [2.45, 2.75) is 32.2 Å². The quantitative estimate of drug-likeness (QED) is 0.622. The molecule has 1 aromatic rings. The van der Waals surface area contributed by atoms with Crippen LogP contribution in [0.3, 0.4) is 0 Å². The summed E-state index contributed by atoms with van der Waals surface area (Å²) in [5.74, 6) is 1.42. The van der Waals surface area contributed by atoms with Crippen molar-refractivity contribution in [1.29, 1.82) is 0 Å². The molecule has 5 heteroatoms. The van der Waals surface area contributed by atoms with Crippen LogP contribution in [0.15, 0.2) is 18.2 Å². The highest BCUT2D eigenvalue weighted by molar-refractivity contribution is 5.64. The minimum atomic E-state index is -0.369. The third kappa shape index (κ3) is 3.12. The second kappa shape index (κ2) is 5.25. The van der Waals surface area contributed by atoms with Crippen molar-refractivity contribution in [1.82, 2.24) is 0 Å². The first-order valence-corrected chi connectivity index (χ1v) is 6.19. The number of rotatable bonds is 6. The fourth-order valence-corrected chi connectivity index (χ4v) is 2.09. The second-order valence-electron chi connectivity index (χ2n) is 4.86. The van der Waals surface area contributed by atoms with Crippen LogP contribution < -0.4 is 10.1 Å². The topological polar surface area (TPSA) is 64.4 Å². The number of methoxy groups -OCH3 is 1. The van der Waals surface area contributed by atoms with E-state index in [-0.39, 0.29) is 16.7 Å². The Morgan fingerprint density at radius 1 is 1.56 bits per heavy atom.